The topological polar surface area (TPSA) is 50.2 Å². The standard InChI is InChI=1S/C22H13Cl2NO2/c23-18-9-8-14(11-19(18)24)13-4-3-5-15(10-13)21-12-17(22(26)27)16-6-1-2-7-20(16)25-21/h1-12H,(H,26,27). The molecule has 1 N–H and O–H groups in total. The maximum Gasteiger partial charge on any atom is 0.336 e. The number of carboxylic acid groups (broad SMARTS) is 1. The highest BCUT2D eigenvalue weighted by atomic mass is 35.5. The normalized spacial score (nSPS) is 10.9. The highest BCUT2D eigenvalue weighted by Crippen LogP contribution is 2.31. The number of hydrogen-bond acceptors (Lipinski definition) is 2. The van der Waals surface area contributed by atoms with E-state index >= 15 is 0 Å². The third kappa shape index (κ3) is 3.39. The van der Waals surface area contributed by atoms with Crippen molar-refractivity contribution in [3.63, 3.8) is 0 Å². The summed E-state index contributed by atoms with van der Waals surface area (Å²) in [4.78, 5) is 16.3. The molecule has 3 nitrogen and oxygen atoms in total. The van der Waals surface area contributed by atoms with Crippen molar-refractivity contribution in [3.05, 3.63) is 88.4 Å². The Kier molecular flexibility index (Phi) is 4.56. The zero-order chi connectivity index (χ0) is 19.0. The third-order valence-corrected chi connectivity index (χ3v) is 5.10. The van der Waals surface area contributed by atoms with E-state index in [-0.39, 0.29) is 5.56 Å². The van der Waals surface area contributed by atoms with Crippen LogP contribution in [0.3, 0.4) is 0 Å². The number of hydrogen-bond donors (Lipinski definition) is 1. The molecule has 0 unspecified atom stereocenters. The molecule has 0 radical (unpaired) electrons. The van der Waals surface area contributed by atoms with Gasteiger partial charge >= 0.3 is 5.97 Å². The number of carboxylic acids is 1. The van der Waals surface area contributed by atoms with Crippen LogP contribution in [0.4, 0.5) is 0 Å². The molecule has 4 rings (SSSR count). The van der Waals surface area contributed by atoms with Gasteiger partial charge in [0.1, 0.15) is 0 Å². The zero-order valence-corrected chi connectivity index (χ0v) is 15.5. The Labute approximate surface area is 165 Å². The van der Waals surface area contributed by atoms with E-state index in [2.05, 4.69) is 4.98 Å². The van der Waals surface area contributed by atoms with Crippen molar-refractivity contribution in [2.24, 2.45) is 0 Å². The largest absolute Gasteiger partial charge is 0.478 e. The van der Waals surface area contributed by atoms with E-state index < -0.39 is 5.97 Å². The maximum atomic E-state index is 11.7. The molecule has 27 heavy (non-hydrogen) atoms. The van der Waals surface area contributed by atoms with Crippen LogP contribution in [0.25, 0.3) is 33.3 Å². The fourth-order valence-corrected chi connectivity index (χ4v) is 3.33. The van der Waals surface area contributed by atoms with E-state index in [0.717, 1.165) is 16.7 Å². The molecule has 1 heterocycles. The van der Waals surface area contributed by atoms with Gasteiger partial charge in [0.15, 0.2) is 0 Å². The average Bonchev–Trinajstić information content (AvgIpc) is 2.69. The fourth-order valence-electron chi connectivity index (χ4n) is 3.03. The van der Waals surface area contributed by atoms with E-state index in [9.17, 15) is 9.90 Å². The van der Waals surface area contributed by atoms with Gasteiger partial charge in [-0.15, -0.1) is 0 Å². The Morgan fingerprint density at radius 2 is 1.52 bits per heavy atom. The number of pyridine rings is 1. The van der Waals surface area contributed by atoms with E-state index in [0.29, 0.717) is 26.6 Å². The summed E-state index contributed by atoms with van der Waals surface area (Å²) < 4.78 is 0. The van der Waals surface area contributed by atoms with Crippen molar-refractivity contribution < 1.29 is 9.90 Å². The van der Waals surface area contributed by atoms with Crippen molar-refractivity contribution in [1.29, 1.82) is 0 Å². The second-order valence-corrected chi connectivity index (χ2v) is 6.90. The van der Waals surface area contributed by atoms with Crippen LogP contribution in [0.15, 0.2) is 72.8 Å². The fraction of sp³-hybridized carbons (Fsp3) is 0. The van der Waals surface area contributed by atoms with Crippen LogP contribution in [0.1, 0.15) is 10.4 Å². The summed E-state index contributed by atoms with van der Waals surface area (Å²) in [5, 5.41) is 11.2. The summed E-state index contributed by atoms with van der Waals surface area (Å²) in [6.45, 7) is 0. The Morgan fingerprint density at radius 1 is 0.778 bits per heavy atom. The van der Waals surface area contributed by atoms with Crippen molar-refractivity contribution in [1.82, 2.24) is 4.98 Å². The number of benzene rings is 3. The summed E-state index contributed by atoms with van der Waals surface area (Å²) in [5.41, 5.74) is 4.17. The molecule has 3 aromatic carbocycles. The highest BCUT2D eigenvalue weighted by Gasteiger charge is 2.13. The Balaban J connectivity index is 1.87. The molecule has 0 atom stereocenters. The van der Waals surface area contributed by atoms with Gasteiger partial charge in [-0.2, -0.15) is 0 Å². The number of para-hydroxylation sites is 1. The number of halogens is 2. The zero-order valence-electron chi connectivity index (χ0n) is 14.0. The van der Waals surface area contributed by atoms with Gasteiger partial charge in [0.05, 0.1) is 26.8 Å². The first-order valence-corrected chi connectivity index (χ1v) is 8.97. The third-order valence-electron chi connectivity index (χ3n) is 4.36. The predicted molar refractivity (Wildman–Crippen MR) is 110 cm³/mol. The lowest BCUT2D eigenvalue weighted by Crippen LogP contribution is -2.00. The Morgan fingerprint density at radius 3 is 2.30 bits per heavy atom. The molecule has 0 saturated heterocycles. The number of aromatic nitrogens is 1. The number of fused-ring (bicyclic) bond motifs is 1. The molecular formula is C22H13Cl2NO2. The molecule has 0 aliphatic carbocycles. The van der Waals surface area contributed by atoms with Gasteiger partial charge < -0.3 is 5.11 Å². The quantitative estimate of drug-likeness (QED) is 0.427. The average molecular weight is 394 g/mol. The van der Waals surface area contributed by atoms with Gasteiger partial charge in [-0.25, -0.2) is 9.78 Å². The van der Waals surface area contributed by atoms with Crippen molar-refractivity contribution in [2.45, 2.75) is 0 Å². The van der Waals surface area contributed by atoms with Crippen LogP contribution in [0.2, 0.25) is 10.0 Å². The number of rotatable bonds is 3. The van der Waals surface area contributed by atoms with Crippen LogP contribution in [-0.2, 0) is 0 Å². The molecule has 4 aromatic rings. The van der Waals surface area contributed by atoms with E-state index in [1.807, 2.05) is 42.5 Å². The highest BCUT2D eigenvalue weighted by molar-refractivity contribution is 6.42. The minimum Gasteiger partial charge on any atom is -0.478 e. The minimum absolute atomic E-state index is 0.232. The molecule has 5 heteroatoms. The summed E-state index contributed by atoms with van der Waals surface area (Å²) >= 11 is 12.1. The number of nitrogens with zero attached hydrogens (tertiary/aromatic N) is 1. The first kappa shape index (κ1) is 17.5. The molecule has 0 aliphatic rings. The minimum atomic E-state index is -0.976. The lowest BCUT2D eigenvalue weighted by atomic mass is 9.99. The van der Waals surface area contributed by atoms with Crippen LogP contribution in [-0.4, -0.2) is 16.1 Å². The maximum absolute atomic E-state index is 11.7. The van der Waals surface area contributed by atoms with Gasteiger partial charge in [0.25, 0.3) is 0 Å². The van der Waals surface area contributed by atoms with Gasteiger partial charge in [-0.05, 0) is 41.5 Å². The van der Waals surface area contributed by atoms with Crippen LogP contribution < -0.4 is 0 Å². The summed E-state index contributed by atoms with van der Waals surface area (Å²) in [7, 11) is 0. The molecule has 1 aromatic heterocycles. The van der Waals surface area contributed by atoms with Gasteiger partial charge in [0, 0.05) is 10.9 Å². The molecule has 0 saturated carbocycles. The first-order valence-electron chi connectivity index (χ1n) is 8.22. The van der Waals surface area contributed by atoms with Gasteiger partial charge in [-0.1, -0.05) is 65.7 Å². The number of carbonyl (C=O) groups is 1. The first-order chi connectivity index (χ1) is 13.0. The van der Waals surface area contributed by atoms with Gasteiger partial charge in [0.2, 0.25) is 0 Å². The van der Waals surface area contributed by atoms with Crippen molar-refractivity contribution in [2.75, 3.05) is 0 Å². The number of aromatic carboxylic acids is 1. The van der Waals surface area contributed by atoms with E-state index in [1.54, 1.807) is 30.3 Å². The van der Waals surface area contributed by atoms with Crippen molar-refractivity contribution in [3.8, 4) is 22.4 Å². The molecule has 0 spiro atoms. The molecular weight excluding hydrogens is 381 g/mol. The van der Waals surface area contributed by atoms with Crippen LogP contribution in [0.5, 0.6) is 0 Å². The van der Waals surface area contributed by atoms with E-state index in [1.165, 1.54) is 0 Å². The van der Waals surface area contributed by atoms with Gasteiger partial charge in [-0.3, -0.25) is 0 Å². The molecule has 132 valence electrons. The molecule has 0 aliphatic heterocycles. The Hall–Kier alpha value is -2.88. The molecule has 0 bridgehead atoms. The lowest BCUT2D eigenvalue weighted by Gasteiger charge is -2.09. The monoisotopic (exact) mass is 393 g/mol. The van der Waals surface area contributed by atoms with Crippen LogP contribution in [0, 0.1) is 0 Å². The molecule has 0 fully saturated rings. The smallest absolute Gasteiger partial charge is 0.336 e. The lowest BCUT2D eigenvalue weighted by molar-refractivity contribution is 0.0699. The second kappa shape index (κ2) is 7.03. The summed E-state index contributed by atoms with van der Waals surface area (Å²) in [5.74, 6) is -0.976. The predicted octanol–water partition coefficient (Wildman–Crippen LogP) is 6.57. The van der Waals surface area contributed by atoms with Crippen LogP contribution >= 0.6 is 23.2 Å². The van der Waals surface area contributed by atoms with E-state index in [4.69, 9.17) is 23.2 Å². The summed E-state index contributed by atoms with van der Waals surface area (Å²) in [6.07, 6.45) is 0. The van der Waals surface area contributed by atoms with Crippen molar-refractivity contribution >= 4 is 40.1 Å². The SMILES string of the molecule is O=C(O)c1cc(-c2cccc(-c3ccc(Cl)c(Cl)c3)c2)nc2ccccc12. The molecule has 0 amide bonds. The second-order valence-electron chi connectivity index (χ2n) is 6.09. The summed E-state index contributed by atoms with van der Waals surface area (Å²) in [6, 6.07) is 22.0. The Bertz CT molecular complexity index is 1190.